The van der Waals surface area contributed by atoms with Crippen molar-refractivity contribution in [1.29, 1.82) is 0 Å². The molecule has 0 bridgehead atoms. The quantitative estimate of drug-likeness (QED) is 0.549. The van der Waals surface area contributed by atoms with Crippen LogP contribution in [-0.4, -0.2) is 7.11 Å². The molecule has 25 heavy (non-hydrogen) atoms. The minimum absolute atomic E-state index is 0.117. The molecule has 0 atom stereocenters. The highest BCUT2D eigenvalue weighted by Crippen LogP contribution is 2.21. The summed E-state index contributed by atoms with van der Waals surface area (Å²) in [5.41, 5.74) is 1.31. The van der Waals surface area contributed by atoms with E-state index >= 15 is 0 Å². The maximum absolute atomic E-state index is 12.8. The molecule has 140 valence electrons. The van der Waals surface area contributed by atoms with Gasteiger partial charge in [0.05, 0.1) is 7.11 Å². The van der Waals surface area contributed by atoms with Gasteiger partial charge in [-0.25, -0.2) is 17.6 Å². The number of alkyl halides is 2. The molecule has 0 saturated carbocycles. The average molecular weight is 358 g/mol. The summed E-state index contributed by atoms with van der Waals surface area (Å²) in [6, 6.07) is 8.31. The topological polar surface area (TPSA) is 9.23 Å². The predicted molar refractivity (Wildman–Crippen MR) is 94.4 cm³/mol. The van der Waals surface area contributed by atoms with Crippen LogP contribution in [0.2, 0.25) is 0 Å². The predicted octanol–water partition coefficient (Wildman–Crippen LogP) is 6.75. The molecule has 0 aromatic heterocycles. The van der Waals surface area contributed by atoms with E-state index in [-0.39, 0.29) is 11.4 Å². The van der Waals surface area contributed by atoms with Gasteiger partial charge in [-0.1, -0.05) is 39.8 Å². The van der Waals surface area contributed by atoms with Crippen molar-refractivity contribution in [2.24, 2.45) is 0 Å². The number of ether oxygens (including phenoxy) is 1. The van der Waals surface area contributed by atoms with Crippen LogP contribution in [0.15, 0.2) is 36.4 Å². The highest BCUT2D eigenvalue weighted by Gasteiger charge is 2.09. The van der Waals surface area contributed by atoms with Crippen LogP contribution < -0.4 is 4.74 Å². The Bertz CT molecular complexity index is 627. The van der Waals surface area contributed by atoms with Crippen molar-refractivity contribution >= 4 is 0 Å². The molecule has 0 fully saturated rings. The van der Waals surface area contributed by atoms with E-state index in [4.69, 9.17) is 4.74 Å². The first-order valence-corrected chi connectivity index (χ1v) is 8.31. The van der Waals surface area contributed by atoms with E-state index in [2.05, 4.69) is 0 Å². The first-order chi connectivity index (χ1) is 11.9. The third-order valence-corrected chi connectivity index (χ3v) is 3.33. The Hall–Kier alpha value is -2.04. The molecule has 1 nitrogen and oxygen atoms in total. The van der Waals surface area contributed by atoms with Gasteiger partial charge in [-0.2, -0.15) is 0 Å². The van der Waals surface area contributed by atoms with Gasteiger partial charge >= 0.3 is 0 Å². The highest BCUT2D eigenvalue weighted by atomic mass is 19.3. The molecule has 0 saturated heterocycles. The monoisotopic (exact) mass is 358 g/mol. The van der Waals surface area contributed by atoms with E-state index in [1.807, 2.05) is 20.8 Å². The van der Waals surface area contributed by atoms with E-state index in [0.29, 0.717) is 17.7 Å². The fourth-order valence-electron chi connectivity index (χ4n) is 1.93. The average Bonchev–Trinajstić information content (AvgIpc) is 2.64. The molecule has 2 aromatic carbocycles. The molecule has 0 aliphatic rings. The lowest BCUT2D eigenvalue weighted by atomic mass is 10.1. The van der Waals surface area contributed by atoms with E-state index in [1.54, 1.807) is 19.1 Å². The number of methoxy groups -OCH3 is 1. The minimum Gasteiger partial charge on any atom is -0.494 e. The summed E-state index contributed by atoms with van der Waals surface area (Å²) in [5.74, 6) is -0.393. The Kier molecular flexibility index (Phi) is 11.3. The first kappa shape index (κ1) is 23.0. The lowest BCUT2D eigenvalue weighted by Crippen LogP contribution is -1.91. The highest BCUT2D eigenvalue weighted by molar-refractivity contribution is 5.30. The third kappa shape index (κ3) is 7.59. The zero-order valence-electron chi connectivity index (χ0n) is 15.4. The molecule has 5 heteroatoms. The van der Waals surface area contributed by atoms with Crippen LogP contribution in [0.3, 0.4) is 0 Å². The van der Waals surface area contributed by atoms with Gasteiger partial charge in [0.1, 0.15) is 5.82 Å². The number of aryl methyl sites for hydroxylation is 2. The van der Waals surface area contributed by atoms with Crippen molar-refractivity contribution < 1.29 is 22.3 Å². The number of hydrogen-bond acceptors (Lipinski definition) is 1. The van der Waals surface area contributed by atoms with Gasteiger partial charge in [0.2, 0.25) is 0 Å². The molecule has 0 radical (unpaired) electrons. The number of halogens is 4. The molecular formula is C20H26F4O. The second-order valence-corrected chi connectivity index (χ2v) is 4.83. The lowest BCUT2D eigenvalue weighted by molar-refractivity contribution is 0.151. The Labute approximate surface area is 147 Å². The van der Waals surface area contributed by atoms with Crippen LogP contribution in [0.5, 0.6) is 5.75 Å². The SMILES string of the molecule is CC.CCc1cc(C(F)F)ccc1F.CCc1ccc(F)c(OC)c1. The Morgan fingerprint density at radius 3 is 1.96 bits per heavy atom. The second-order valence-electron chi connectivity index (χ2n) is 4.83. The smallest absolute Gasteiger partial charge is 0.263 e. The fourth-order valence-corrected chi connectivity index (χ4v) is 1.93. The van der Waals surface area contributed by atoms with Crippen molar-refractivity contribution in [3.63, 3.8) is 0 Å². The van der Waals surface area contributed by atoms with Crippen LogP contribution in [0, 0.1) is 11.6 Å². The zero-order valence-corrected chi connectivity index (χ0v) is 15.4. The number of benzene rings is 2. The number of hydrogen-bond donors (Lipinski definition) is 0. The summed E-state index contributed by atoms with van der Waals surface area (Å²) in [6.07, 6.45) is -1.18. The van der Waals surface area contributed by atoms with Crippen molar-refractivity contribution in [2.45, 2.75) is 47.0 Å². The summed E-state index contributed by atoms with van der Waals surface area (Å²) >= 11 is 0. The molecule has 0 aliphatic heterocycles. The maximum Gasteiger partial charge on any atom is 0.263 e. The second kappa shape index (κ2) is 12.3. The van der Waals surface area contributed by atoms with Gasteiger partial charge in [-0.05, 0) is 48.2 Å². The van der Waals surface area contributed by atoms with Crippen molar-refractivity contribution in [1.82, 2.24) is 0 Å². The minimum atomic E-state index is -2.52. The van der Waals surface area contributed by atoms with E-state index in [0.717, 1.165) is 24.1 Å². The van der Waals surface area contributed by atoms with Crippen molar-refractivity contribution in [2.75, 3.05) is 7.11 Å². The third-order valence-electron chi connectivity index (χ3n) is 3.33. The van der Waals surface area contributed by atoms with Gasteiger partial charge in [0.15, 0.2) is 11.6 Å². The molecule has 0 N–H and O–H groups in total. The molecule has 0 spiro atoms. The van der Waals surface area contributed by atoms with Gasteiger partial charge in [-0.15, -0.1) is 0 Å². The van der Waals surface area contributed by atoms with Gasteiger partial charge in [0, 0.05) is 5.56 Å². The summed E-state index contributed by atoms with van der Waals surface area (Å²) in [7, 11) is 1.47. The molecule has 0 heterocycles. The van der Waals surface area contributed by atoms with Gasteiger partial charge < -0.3 is 4.74 Å². The van der Waals surface area contributed by atoms with E-state index in [9.17, 15) is 17.6 Å². The Morgan fingerprint density at radius 1 is 0.880 bits per heavy atom. The van der Waals surface area contributed by atoms with Crippen LogP contribution in [0.25, 0.3) is 0 Å². The van der Waals surface area contributed by atoms with E-state index in [1.165, 1.54) is 19.2 Å². The first-order valence-electron chi connectivity index (χ1n) is 8.31. The summed E-state index contributed by atoms with van der Waals surface area (Å²) < 4.78 is 54.6. The molecule has 2 aromatic rings. The summed E-state index contributed by atoms with van der Waals surface area (Å²) in [6.45, 7) is 7.75. The summed E-state index contributed by atoms with van der Waals surface area (Å²) in [5, 5.41) is 0. The Balaban J connectivity index is 0.000000421. The molecule has 0 amide bonds. The maximum atomic E-state index is 12.8. The van der Waals surface area contributed by atoms with Gasteiger partial charge in [0.25, 0.3) is 6.43 Å². The van der Waals surface area contributed by atoms with Crippen molar-refractivity contribution in [3.8, 4) is 5.75 Å². The largest absolute Gasteiger partial charge is 0.494 e. The van der Waals surface area contributed by atoms with Crippen molar-refractivity contribution in [3.05, 3.63) is 64.7 Å². The van der Waals surface area contributed by atoms with E-state index < -0.39 is 12.2 Å². The van der Waals surface area contributed by atoms with Crippen LogP contribution in [0.4, 0.5) is 17.6 Å². The molecular weight excluding hydrogens is 332 g/mol. The molecule has 2 rings (SSSR count). The molecule has 0 aliphatic carbocycles. The van der Waals surface area contributed by atoms with Crippen LogP contribution in [0.1, 0.15) is 50.8 Å². The zero-order chi connectivity index (χ0) is 19.4. The normalized spacial score (nSPS) is 9.68. The molecule has 0 unspecified atom stereocenters. The van der Waals surface area contributed by atoms with Crippen LogP contribution >= 0.6 is 0 Å². The van der Waals surface area contributed by atoms with Crippen LogP contribution in [-0.2, 0) is 12.8 Å². The standard InChI is InChI=1S/C9H9F3.C9H11FO.C2H6/c1-2-6-5-7(9(11)12)3-4-8(6)10;1-3-7-4-5-8(10)9(6-7)11-2;1-2/h3-5,9H,2H2,1H3;4-6H,3H2,1-2H3;1-2H3. The Morgan fingerprint density at radius 2 is 1.48 bits per heavy atom. The number of rotatable bonds is 4. The van der Waals surface area contributed by atoms with Gasteiger partial charge in [-0.3, -0.25) is 0 Å². The fraction of sp³-hybridized carbons (Fsp3) is 0.400. The summed E-state index contributed by atoms with van der Waals surface area (Å²) in [4.78, 5) is 0. The lowest BCUT2D eigenvalue weighted by Gasteiger charge is -2.03.